The highest BCUT2D eigenvalue weighted by atomic mass is 28.4. The van der Waals surface area contributed by atoms with Crippen molar-refractivity contribution >= 4 is 25.1 Å². The van der Waals surface area contributed by atoms with E-state index in [1.807, 2.05) is 12.1 Å². The van der Waals surface area contributed by atoms with Gasteiger partial charge in [0.05, 0.1) is 26.4 Å². The molecule has 0 aromatic heterocycles. The average Bonchev–Trinajstić information content (AvgIpc) is 2.67. The number of carbonyl (C=O) groups is 1. The van der Waals surface area contributed by atoms with Crippen molar-refractivity contribution in [2.45, 2.75) is 52.2 Å². The van der Waals surface area contributed by atoms with Gasteiger partial charge < -0.3 is 18.6 Å². The highest BCUT2D eigenvalue weighted by Crippen LogP contribution is 2.45. The molecule has 2 aromatic rings. The number of ether oxygens (including phenoxy) is 3. The van der Waals surface area contributed by atoms with E-state index in [2.05, 4.69) is 40.4 Å². The minimum atomic E-state index is -2.22. The Kier molecular flexibility index (Phi) is 7.24. The molecule has 0 heterocycles. The van der Waals surface area contributed by atoms with Gasteiger partial charge in [-0.05, 0) is 43.6 Å². The maximum absolute atomic E-state index is 12.9. The first-order valence-corrected chi connectivity index (χ1v) is 13.1. The molecule has 2 rings (SSSR count). The fourth-order valence-electron chi connectivity index (χ4n) is 3.00. The molecule has 0 amide bonds. The SMILES string of the molecule is C=CCc1c(C(=O)OCC)cc2c(OC)cc(OC)cc2c1O[Si](C)(C)C(C)(C)C. The van der Waals surface area contributed by atoms with Crippen LogP contribution in [0.5, 0.6) is 17.2 Å². The molecule has 0 unspecified atom stereocenters. The summed E-state index contributed by atoms with van der Waals surface area (Å²) in [6.45, 7) is 16.9. The zero-order chi connectivity index (χ0) is 22.7. The van der Waals surface area contributed by atoms with Gasteiger partial charge in [-0.1, -0.05) is 26.8 Å². The van der Waals surface area contributed by atoms with Crippen molar-refractivity contribution in [2.75, 3.05) is 20.8 Å². The summed E-state index contributed by atoms with van der Waals surface area (Å²) in [4.78, 5) is 12.9. The van der Waals surface area contributed by atoms with Crippen LogP contribution in [0.3, 0.4) is 0 Å². The van der Waals surface area contributed by atoms with Gasteiger partial charge in [-0.25, -0.2) is 4.79 Å². The lowest BCUT2D eigenvalue weighted by Gasteiger charge is -2.37. The number of hydrogen-bond donors (Lipinski definition) is 0. The predicted molar refractivity (Wildman–Crippen MR) is 125 cm³/mol. The van der Waals surface area contributed by atoms with Crippen LogP contribution in [0.2, 0.25) is 18.1 Å². The van der Waals surface area contributed by atoms with E-state index in [1.54, 1.807) is 33.3 Å². The molecular formula is C24H34O5Si. The van der Waals surface area contributed by atoms with E-state index >= 15 is 0 Å². The first kappa shape index (κ1) is 23.8. The van der Waals surface area contributed by atoms with Crippen LogP contribution in [-0.2, 0) is 11.2 Å². The summed E-state index contributed by atoms with van der Waals surface area (Å²) in [5, 5.41) is 1.61. The average molecular weight is 431 g/mol. The van der Waals surface area contributed by atoms with Crippen molar-refractivity contribution in [2.24, 2.45) is 0 Å². The lowest BCUT2D eigenvalue weighted by Crippen LogP contribution is -2.44. The molecular weight excluding hydrogens is 396 g/mol. The lowest BCUT2D eigenvalue weighted by atomic mass is 9.96. The van der Waals surface area contributed by atoms with E-state index in [9.17, 15) is 4.79 Å². The molecule has 164 valence electrons. The Hall–Kier alpha value is -2.47. The summed E-state index contributed by atoms with van der Waals surface area (Å²) in [5.74, 6) is 1.57. The topological polar surface area (TPSA) is 54.0 Å². The maximum atomic E-state index is 12.9. The van der Waals surface area contributed by atoms with Crippen LogP contribution in [0.25, 0.3) is 10.8 Å². The molecule has 0 aliphatic rings. The summed E-state index contributed by atoms with van der Waals surface area (Å²) >= 11 is 0. The van der Waals surface area contributed by atoms with Crippen molar-refractivity contribution in [1.82, 2.24) is 0 Å². The van der Waals surface area contributed by atoms with E-state index in [4.69, 9.17) is 18.6 Å². The lowest BCUT2D eigenvalue weighted by molar-refractivity contribution is 0.0525. The summed E-state index contributed by atoms with van der Waals surface area (Å²) in [5.41, 5.74) is 1.25. The van der Waals surface area contributed by atoms with Crippen LogP contribution < -0.4 is 13.9 Å². The van der Waals surface area contributed by atoms with E-state index in [-0.39, 0.29) is 11.0 Å². The quantitative estimate of drug-likeness (QED) is 0.286. The number of methoxy groups -OCH3 is 2. The smallest absolute Gasteiger partial charge is 0.338 e. The van der Waals surface area contributed by atoms with E-state index < -0.39 is 8.32 Å². The Balaban J connectivity index is 2.97. The predicted octanol–water partition coefficient (Wildman–Crippen LogP) is 6.15. The zero-order valence-corrected chi connectivity index (χ0v) is 20.5. The Bertz CT molecular complexity index is 941. The third-order valence-corrected chi connectivity index (χ3v) is 10.0. The van der Waals surface area contributed by atoms with Crippen LogP contribution in [0.15, 0.2) is 30.9 Å². The van der Waals surface area contributed by atoms with Crippen LogP contribution >= 0.6 is 0 Å². The second-order valence-electron chi connectivity index (χ2n) is 8.73. The largest absolute Gasteiger partial charge is 0.543 e. The summed E-state index contributed by atoms with van der Waals surface area (Å²) < 4.78 is 23.3. The Morgan fingerprint density at radius 2 is 1.77 bits per heavy atom. The summed E-state index contributed by atoms with van der Waals surface area (Å²) in [6, 6.07) is 5.56. The van der Waals surface area contributed by atoms with E-state index in [0.29, 0.717) is 35.8 Å². The van der Waals surface area contributed by atoms with Gasteiger partial charge >= 0.3 is 5.97 Å². The minimum absolute atomic E-state index is 0.0202. The molecule has 6 heteroatoms. The summed E-state index contributed by atoms with van der Waals surface area (Å²) in [7, 11) is 0.996. The maximum Gasteiger partial charge on any atom is 0.338 e. The second-order valence-corrected chi connectivity index (χ2v) is 13.5. The van der Waals surface area contributed by atoms with Crippen LogP contribution in [0.1, 0.15) is 43.6 Å². The minimum Gasteiger partial charge on any atom is -0.543 e. The molecule has 0 N–H and O–H groups in total. The molecule has 30 heavy (non-hydrogen) atoms. The van der Waals surface area contributed by atoms with Crippen molar-refractivity contribution in [3.8, 4) is 17.2 Å². The highest BCUT2D eigenvalue weighted by molar-refractivity contribution is 6.74. The zero-order valence-electron chi connectivity index (χ0n) is 19.5. The van der Waals surface area contributed by atoms with Crippen molar-refractivity contribution in [3.05, 3.63) is 42.0 Å². The number of hydrogen-bond acceptors (Lipinski definition) is 5. The van der Waals surface area contributed by atoms with Crippen LogP contribution in [0.4, 0.5) is 0 Å². The molecule has 2 aromatic carbocycles. The van der Waals surface area contributed by atoms with Gasteiger partial charge in [0.25, 0.3) is 8.32 Å². The first-order chi connectivity index (χ1) is 14.0. The molecule has 0 saturated carbocycles. The monoisotopic (exact) mass is 430 g/mol. The number of esters is 1. The second kappa shape index (κ2) is 9.12. The van der Waals surface area contributed by atoms with Crippen molar-refractivity contribution < 1.29 is 23.4 Å². The van der Waals surface area contributed by atoms with Gasteiger partial charge in [0.15, 0.2) is 0 Å². The van der Waals surface area contributed by atoms with Gasteiger partial charge in [-0.2, -0.15) is 0 Å². The fourth-order valence-corrected chi connectivity index (χ4v) is 4.05. The molecule has 0 fully saturated rings. The number of allylic oxidation sites excluding steroid dienone is 1. The normalized spacial score (nSPS) is 11.9. The molecule has 5 nitrogen and oxygen atoms in total. The third-order valence-electron chi connectivity index (χ3n) is 5.71. The molecule has 0 bridgehead atoms. The van der Waals surface area contributed by atoms with Crippen LogP contribution in [0, 0.1) is 0 Å². The number of fused-ring (bicyclic) bond motifs is 1. The van der Waals surface area contributed by atoms with Crippen molar-refractivity contribution in [3.63, 3.8) is 0 Å². The number of carbonyl (C=O) groups excluding carboxylic acids is 1. The standard InChI is InChI=1S/C24H34O5Si/c1-10-12-17-20(23(25)28-11-2)15-18-19(13-16(26-6)14-21(18)27-7)22(17)29-30(8,9)24(3,4)5/h10,13-15H,1,11-12H2,2-9H3. The fraction of sp³-hybridized carbons (Fsp3) is 0.458. The third kappa shape index (κ3) is 4.64. The molecule has 0 radical (unpaired) electrons. The van der Waals surface area contributed by atoms with Gasteiger partial charge in [-0.15, -0.1) is 6.58 Å². The molecule has 0 aliphatic carbocycles. The van der Waals surface area contributed by atoms with Gasteiger partial charge in [0.1, 0.15) is 17.2 Å². The Morgan fingerprint density at radius 1 is 1.10 bits per heavy atom. The molecule has 0 saturated heterocycles. The molecule has 0 atom stereocenters. The van der Waals surface area contributed by atoms with E-state index in [0.717, 1.165) is 16.3 Å². The Labute approximate surface area is 181 Å². The van der Waals surface area contributed by atoms with Crippen LogP contribution in [-0.4, -0.2) is 35.1 Å². The molecule has 0 aliphatic heterocycles. The first-order valence-electron chi connectivity index (χ1n) is 10.2. The van der Waals surface area contributed by atoms with Gasteiger partial charge in [0, 0.05) is 22.4 Å². The number of rotatable bonds is 8. The van der Waals surface area contributed by atoms with Gasteiger partial charge in [0.2, 0.25) is 0 Å². The Morgan fingerprint density at radius 3 is 2.27 bits per heavy atom. The molecule has 0 spiro atoms. The highest BCUT2D eigenvalue weighted by Gasteiger charge is 2.40. The van der Waals surface area contributed by atoms with Gasteiger partial charge in [-0.3, -0.25) is 0 Å². The van der Waals surface area contributed by atoms with Crippen molar-refractivity contribution in [1.29, 1.82) is 0 Å². The number of benzene rings is 2. The van der Waals surface area contributed by atoms with E-state index in [1.165, 1.54) is 0 Å². The summed E-state index contributed by atoms with van der Waals surface area (Å²) in [6.07, 6.45) is 2.26.